The molecule has 0 saturated heterocycles. The third-order valence-electron chi connectivity index (χ3n) is 3.70. The van der Waals surface area contributed by atoms with E-state index in [4.69, 9.17) is 9.47 Å². The van der Waals surface area contributed by atoms with E-state index < -0.39 is 0 Å². The summed E-state index contributed by atoms with van der Waals surface area (Å²) in [6.07, 6.45) is 0. The third kappa shape index (κ3) is 3.56. The van der Waals surface area contributed by atoms with E-state index in [-0.39, 0.29) is 12.1 Å². The van der Waals surface area contributed by atoms with E-state index in [1.807, 2.05) is 18.2 Å². The summed E-state index contributed by atoms with van der Waals surface area (Å²) in [6.45, 7) is 4.30. The second-order valence-corrected chi connectivity index (χ2v) is 5.10. The van der Waals surface area contributed by atoms with Crippen molar-refractivity contribution in [3.05, 3.63) is 59.7 Å². The summed E-state index contributed by atoms with van der Waals surface area (Å²) in [4.78, 5) is 0. The molecule has 0 aliphatic heterocycles. The number of rotatable bonds is 6. The molecule has 2 aromatic rings. The number of ether oxygens (including phenoxy) is 2. The Bertz CT molecular complexity index is 569. The monoisotopic (exact) mass is 285 g/mol. The van der Waals surface area contributed by atoms with Crippen LogP contribution in [0.1, 0.15) is 37.1 Å². The Hall–Kier alpha value is -2.00. The van der Waals surface area contributed by atoms with E-state index in [9.17, 15) is 0 Å². The van der Waals surface area contributed by atoms with Gasteiger partial charge in [0.15, 0.2) is 11.5 Å². The lowest BCUT2D eigenvalue weighted by Crippen LogP contribution is -2.23. The van der Waals surface area contributed by atoms with Gasteiger partial charge in [0.05, 0.1) is 14.2 Å². The van der Waals surface area contributed by atoms with Gasteiger partial charge < -0.3 is 14.8 Å². The highest BCUT2D eigenvalue weighted by Crippen LogP contribution is 2.35. The van der Waals surface area contributed by atoms with Gasteiger partial charge in [-0.05, 0) is 25.5 Å². The summed E-state index contributed by atoms with van der Waals surface area (Å²) in [7, 11) is 3.33. The number of nitrogens with one attached hydrogen (secondary N) is 1. The van der Waals surface area contributed by atoms with Crippen LogP contribution < -0.4 is 14.8 Å². The van der Waals surface area contributed by atoms with E-state index in [1.165, 1.54) is 5.56 Å². The summed E-state index contributed by atoms with van der Waals surface area (Å²) in [5, 5.41) is 3.60. The van der Waals surface area contributed by atoms with Crippen molar-refractivity contribution in [3.8, 4) is 11.5 Å². The molecule has 2 aromatic carbocycles. The molecular formula is C18H23NO2. The zero-order valence-electron chi connectivity index (χ0n) is 13.1. The van der Waals surface area contributed by atoms with Crippen molar-refractivity contribution in [2.24, 2.45) is 0 Å². The van der Waals surface area contributed by atoms with Gasteiger partial charge >= 0.3 is 0 Å². The van der Waals surface area contributed by atoms with E-state index in [2.05, 4.69) is 49.5 Å². The molecule has 0 unspecified atom stereocenters. The van der Waals surface area contributed by atoms with Crippen molar-refractivity contribution in [1.82, 2.24) is 5.32 Å². The lowest BCUT2D eigenvalue weighted by molar-refractivity contribution is 0.346. The number of methoxy groups -OCH3 is 2. The second kappa shape index (κ2) is 7.14. The van der Waals surface area contributed by atoms with Crippen LogP contribution in [0.15, 0.2) is 48.5 Å². The molecule has 0 radical (unpaired) electrons. The maximum atomic E-state index is 5.51. The molecule has 0 saturated carbocycles. The highest BCUT2D eigenvalue weighted by molar-refractivity contribution is 5.48. The molecule has 1 N–H and O–H groups in total. The molecular weight excluding hydrogens is 262 g/mol. The van der Waals surface area contributed by atoms with Crippen molar-refractivity contribution in [2.45, 2.75) is 25.9 Å². The number of para-hydroxylation sites is 1. The SMILES string of the molecule is COc1cccc([C@@H](C)N[C@H](C)c2ccccc2)c1OC. The first-order valence-corrected chi connectivity index (χ1v) is 7.19. The average molecular weight is 285 g/mol. The fourth-order valence-corrected chi connectivity index (χ4v) is 2.56. The summed E-state index contributed by atoms with van der Waals surface area (Å²) in [5.74, 6) is 1.55. The van der Waals surface area contributed by atoms with Crippen LogP contribution in [-0.4, -0.2) is 14.2 Å². The van der Waals surface area contributed by atoms with Crippen LogP contribution in [0.2, 0.25) is 0 Å². The summed E-state index contributed by atoms with van der Waals surface area (Å²) in [5.41, 5.74) is 2.37. The van der Waals surface area contributed by atoms with Gasteiger partial charge in [0.1, 0.15) is 0 Å². The van der Waals surface area contributed by atoms with Crippen molar-refractivity contribution in [3.63, 3.8) is 0 Å². The van der Waals surface area contributed by atoms with Gasteiger partial charge in [0.25, 0.3) is 0 Å². The molecule has 21 heavy (non-hydrogen) atoms. The predicted molar refractivity (Wildman–Crippen MR) is 86.0 cm³/mol. The quantitative estimate of drug-likeness (QED) is 0.866. The molecule has 0 aliphatic rings. The maximum Gasteiger partial charge on any atom is 0.165 e. The lowest BCUT2D eigenvalue weighted by Gasteiger charge is -2.23. The smallest absolute Gasteiger partial charge is 0.165 e. The van der Waals surface area contributed by atoms with Gasteiger partial charge in [-0.2, -0.15) is 0 Å². The molecule has 0 bridgehead atoms. The molecule has 0 amide bonds. The first-order chi connectivity index (χ1) is 10.2. The maximum absolute atomic E-state index is 5.51. The Morgan fingerprint density at radius 3 is 2.14 bits per heavy atom. The zero-order chi connectivity index (χ0) is 15.2. The minimum Gasteiger partial charge on any atom is -0.493 e. The van der Waals surface area contributed by atoms with Crippen LogP contribution in [0.25, 0.3) is 0 Å². The Morgan fingerprint density at radius 2 is 1.52 bits per heavy atom. The summed E-state index contributed by atoms with van der Waals surface area (Å²) in [6, 6.07) is 16.8. The van der Waals surface area contributed by atoms with Gasteiger partial charge in [-0.15, -0.1) is 0 Å². The van der Waals surface area contributed by atoms with Crippen LogP contribution in [0.5, 0.6) is 11.5 Å². The molecule has 3 heteroatoms. The van der Waals surface area contributed by atoms with E-state index in [1.54, 1.807) is 14.2 Å². The first kappa shape index (κ1) is 15.4. The summed E-state index contributed by atoms with van der Waals surface area (Å²) < 4.78 is 10.9. The minimum absolute atomic E-state index is 0.158. The van der Waals surface area contributed by atoms with Crippen molar-refractivity contribution in [1.29, 1.82) is 0 Å². The van der Waals surface area contributed by atoms with Gasteiger partial charge in [0, 0.05) is 17.6 Å². The Morgan fingerprint density at radius 1 is 0.810 bits per heavy atom. The van der Waals surface area contributed by atoms with Crippen LogP contribution in [-0.2, 0) is 0 Å². The molecule has 2 rings (SSSR count). The van der Waals surface area contributed by atoms with Gasteiger partial charge in [-0.25, -0.2) is 0 Å². The zero-order valence-corrected chi connectivity index (χ0v) is 13.1. The number of benzene rings is 2. The summed E-state index contributed by atoms with van der Waals surface area (Å²) >= 11 is 0. The normalized spacial score (nSPS) is 13.5. The molecule has 0 aromatic heterocycles. The highest BCUT2D eigenvalue weighted by atomic mass is 16.5. The molecule has 3 nitrogen and oxygen atoms in total. The van der Waals surface area contributed by atoms with Gasteiger partial charge in [-0.3, -0.25) is 0 Å². The van der Waals surface area contributed by atoms with Gasteiger partial charge in [-0.1, -0.05) is 42.5 Å². The fourth-order valence-electron chi connectivity index (χ4n) is 2.56. The highest BCUT2D eigenvalue weighted by Gasteiger charge is 2.17. The van der Waals surface area contributed by atoms with Crippen LogP contribution in [0.3, 0.4) is 0 Å². The van der Waals surface area contributed by atoms with Gasteiger partial charge in [0.2, 0.25) is 0 Å². The van der Waals surface area contributed by atoms with Crippen LogP contribution in [0.4, 0.5) is 0 Å². The predicted octanol–water partition coefficient (Wildman–Crippen LogP) is 4.12. The first-order valence-electron chi connectivity index (χ1n) is 7.19. The number of hydrogen-bond acceptors (Lipinski definition) is 3. The standard InChI is InChI=1S/C18H23NO2/c1-13(15-9-6-5-7-10-15)19-14(2)16-11-8-12-17(20-3)18(16)21-4/h5-14,19H,1-4H3/t13-,14-/m1/s1. The van der Waals surface area contributed by atoms with Crippen LogP contribution >= 0.6 is 0 Å². The minimum atomic E-state index is 0.158. The van der Waals surface area contributed by atoms with E-state index in [0.717, 1.165) is 17.1 Å². The van der Waals surface area contributed by atoms with Crippen molar-refractivity contribution in [2.75, 3.05) is 14.2 Å². The molecule has 0 fully saturated rings. The lowest BCUT2D eigenvalue weighted by atomic mass is 10.0. The number of hydrogen-bond donors (Lipinski definition) is 1. The molecule has 2 atom stereocenters. The van der Waals surface area contributed by atoms with E-state index in [0.29, 0.717) is 0 Å². The largest absolute Gasteiger partial charge is 0.493 e. The van der Waals surface area contributed by atoms with Crippen molar-refractivity contribution < 1.29 is 9.47 Å². The average Bonchev–Trinajstić information content (AvgIpc) is 2.54. The molecule has 112 valence electrons. The molecule has 0 spiro atoms. The molecule has 0 aliphatic carbocycles. The van der Waals surface area contributed by atoms with Crippen molar-refractivity contribution >= 4 is 0 Å². The fraction of sp³-hybridized carbons (Fsp3) is 0.333. The topological polar surface area (TPSA) is 30.5 Å². The Kier molecular flexibility index (Phi) is 5.23. The molecule has 0 heterocycles. The van der Waals surface area contributed by atoms with Crippen LogP contribution in [0, 0.1) is 0 Å². The van der Waals surface area contributed by atoms with E-state index >= 15 is 0 Å². The third-order valence-corrected chi connectivity index (χ3v) is 3.70. The Labute approximate surface area is 126 Å². The Balaban J connectivity index is 2.19. The second-order valence-electron chi connectivity index (χ2n) is 5.10.